The standard InChI is InChI=1S/C25H27F3N4O3/c1-24(2)22(34)32(23(35)30-24)14-12-21(33)31-13-4-7-20(31)19-6-3-5-18(29-19)15-16-8-10-17(11-9-16)25(26,27)28/h3,5-6,8-11,20H,4,7,12-15H2,1-2H3,(H,30,35)/t20-/m1/s1. The quantitative estimate of drug-likeness (QED) is 0.622. The molecule has 0 unspecified atom stereocenters. The second-order valence-corrected chi connectivity index (χ2v) is 9.43. The van der Waals surface area contributed by atoms with Crippen LogP contribution in [0.25, 0.3) is 0 Å². The lowest BCUT2D eigenvalue weighted by molar-refractivity contribution is -0.137. The molecule has 0 radical (unpaired) electrons. The first kappa shape index (κ1) is 24.7. The number of hydrogen-bond acceptors (Lipinski definition) is 4. The fourth-order valence-corrected chi connectivity index (χ4v) is 4.55. The highest BCUT2D eigenvalue weighted by molar-refractivity contribution is 6.06. The number of imide groups is 1. The molecule has 2 aliphatic rings. The fourth-order valence-electron chi connectivity index (χ4n) is 4.55. The lowest BCUT2D eigenvalue weighted by atomic mass is 10.0. The number of carbonyl (C=O) groups is 3. The zero-order valence-electron chi connectivity index (χ0n) is 19.6. The smallest absolute Gasteiger partial charge is 0.334 e. The van der Waals surface area contributed by atoms with Gasteiger partial charge in [-0.05, 0) is 56.5 Å². The van der Waals surface area contributed by atoms with Crippen molar-refractivity contribution >= 4 is 17.8 Å². The summed E-state index contributed by atoms with van der Waals surface area (Å²) in [7, 11) is 0. The first-order valence-corrected chi connectivity index (χ1v) is 11.5. The number of nitrogens with one attached hydrogen (secondary N) is 1. The van der Waals surface area contributed by atoms with Crippen molar-refractivity contribution in [2.75, 3.05) is 13.1 Å². The van der Waals surface area contributed by atoms with Crippen LogP contribution in [-0.2, 0) is 22.2 Å². The van der Waals surface area contributed by atoms with E-state index in [9.17, 15) is 27.6 Å². The van der Waals surface area contributed by atoms with Crippen molar-refractivity contribution in [1.82, 2.24) is 20.1 Å². The summed E-state index contributed by atoms with van der Waals surface area (Å²) in [4.78, 5) is 44.9. The monoisotopic (exact) mass is 488 g/mol. The first-order chi connectivity index (χ1) is 16.5. The number of rotatable bonds is 6. The average molecular weight is 489 g/mol. The van der Waals surface area contributed by atoms with Crippen LogP contribution >= 0.6 is 0 Å². The van der Waals surface area contributed by atoms with Gasteiger partial charge in [-0.25, -0.2) is 4.79 Å². The molecule has 0 saturated carbocycles. The third kappa shape index (κ3) is 5.31. The minimum atomic E-state index is -4.38. The van der Waals surface area contributed by atoms with Crippen molar-refractivity contribution < 1.29 is 27.6 Å². The van der Waals surface area contributed by atoms with Crippen LogP contribution in [0.1, 0.15) is 61.7 Å². The minimum Gasteiger partial charge on any atom is -0.334 e. The maximum absolute atomic E-state index is 13.0. The van der Waals surface area contributed by atoms with E-state index in [2.05, 4.69) is 10.3 Å². The number of nitrogens with zero attached hydrogens (tertiary/aromatic N) is 3. The van der Waals surface area contributed by atoms with Gasteiger partial charge in [0.1, 0.15) is 5.54 Å². The molecule has 1 N–H and O–H groups in total. The molecule has 2 fully saturated rings. The zero-order chi connectivity index (χ0) is 25.4. The highest BCUT2D eigenvalue weighted by Gasteiger charge is 2.44. The number of amides is 4. The number of benzene rings is 1. The second-order valence-electron chi connectivity index (χ2n) is 9.43. The van der Waals surface area contributed by atoms with E-state index >= 15 is 0 Å². The van der Waals surface area contributed by atoms with Crippen molar-refractivity contribution in [3.05, 3.63) is 65.0 Å². The topological polar surface area (TPSA) is 82.6 Å². The molecule has 4 amide bonds. The highest BCUT2D eigenvalue weighted by atomic mass is 19.4. The largest absolute Gasteiger partial charge is 0.416 e. The van der Waals surface area contributed by atoms with E-state index in [1.54, 1.807) is 18.7 Å². The number of aromatic nitrogens is 1. The van der Waals surface area contributed by atoms with Crippen LogP contribution in [0.4, 0.5) is 18.0 Å². The van der Waals surface area contributed by atoms with Gasteiger partial charge >= 0.3 is 12.2 Å². The molecule has 1 aromatic heterocycles. The van der Waals surface area contributed by atoms with E-state index in [1.807, 2.05) is 18.2 Å². The van der Waals surface area contributed by atoms with Gasteiger partial charge in [0.2, 0.25) is 5.91 Å². The Kier molecular flexibility index (Phi) is 6.57. The summed E-state index contributed by atoms with van der Waals surface area (Å²) in [5.74, 6) is -0.515. The Morgan fingerprint density at radius 3 is 2.49 bits per heavy atom. The summed E-state index contributed by atoms with van der Waals surface area (Å²) in [5, 5.41) is 2.60. The van der Waals surface area contributed by atoms with E-state index in [-0.39, 0.29) is 30.8 Å². The Bertz CT molecular complexity index is 1130. The Morgan fingerprint density at radius 2 is 1.86 bits per heavy atom. The molecule has 1 atom stereocenters. The normalized spacial score (nSPS) is 19.9. The summed E-state index contributed by atoms with van der Waals surface area (Å²) in [6, 6.07) is 9.76. The third-order valence-corrected chi connectivity index (χ3v) is 6.40. The molecule has 2 saturated heterocycles. The molecule has 4 rings (SSSR count). The molecular formula is C25H27F3N4O3. The Morgan fingerprint density at radius 1 is 1.14 bits per heavy atom. The predicted octanol–water partition coefficient (Wildman–Crippen LogP) is 4.08. The van der Waals surface area contributed by atoms with Crippen molar-refractivity contribution in [3.8, 4) is 0 Å². The van der Waals surface area contributed by atoms with Gasteiger partial charge in [0.25, 0.3) is 5.91 Å². The summed E-state index contributed by atoms with van der Waals surface area (Å²) >= 11 is 0. The summed E-state index contributed by atoms with van der Waals surface area (Å²) in [6.07, 6.45) is -2.45. The molecule has 0 bridgehead atoms. The van der Waals surface area contributed by atoms with Gasteiger partial charge in [0.05, 0.1) is 17.3 Å². The minimum absolute atomic E-state index is 0.0114. The average Bonchev–Trinajstić information content (AvgIpc) is 3.35. The molecule has 35 heavy (non-hydrogen) atoms. The molecule has 0 aliphatic carbocycles. The van der Waals surface area contributed by atoms with Gasteiger partial charge in [-0.15, -0.1) is 0 Å². The molecule has 1 aromatic carbocycles. The Labute approximate surface area is 201 Å². The van der Waals surface area contributed by atoms with Gasteiger partial charge in [-0.1, -0.05) is 18.2 Å². The fraction of sp³-hybridized carbons (Fsp3) is 0.440. The van der Waals surface area contributed by atoms with E-state index in [4.69, 9.17) is 0 Å². The number of urea groups is 1. The van der Waals surface area contributed by atoms with Gasteiger partial charge in [-0.2, -0.15) is 13.2 Å². The number of hydrogen-bond donors (Lipinski definition) is 1. The van der Waals surface area contributed by atoms with E-state index < -0.39 is 23.3 Å². The number of alkyl halides is 3. The lowest BCUT2D eigenvalue weighted by Gasteiger charge is -2.25. The van der Waals surface area contributed by atoms with Gasteiger partial charge < -0.3 is 10.2 Å². The predicted molar refractivity (Wildman–Crippen MR) is 121 cm³/mol. The van der Waals surface area contributed by atoms with Crippen LogP contribution in [0.15, 0.2) is 42.5 Å². The van der Waals surface area contributed by atoms with Crippen LogP contribution in [0, 0.1) is 0 Å². The molecule has 0 spiro atoms. The van der Waals surface area contributed by atoms with E-state index in [0.29, 0.717) is 24.2 Å². The van der Waals surface area contributed by atoms with Gasteiger partial charge in [0, 0.05) is 31.6 Å². The van der Waals surface area contributed by atoms with Crippen LogP contribution in [0.2, 0.25) is 0 Å². The maximum atomic E-state index is 13.0. The first-order valence-electron chi connectivity index (χ1n) is 11.5. The summed E-state index contributed by atoms with van der Waals surface area (Å²) < 4.78 is 38.4. The highest BCUT2D eigenvalue weighted by Crippen LogP contribution is 2.32. The molecule has 2 aromatic rings. The van der Waals surface area contributed by atoms with Crippen LogP contribution < -0.4 is 5.32 Å². The summed E-state index contributed by atoms with van der Waals surface area (Å²) in [6.45, 7) is 3.81. The SMILES string of the molecule is CC1(C)NC(=O)N(CCC(=O)N2CCC[C@@H]2c2cccc(Cc3ccc(C(F)(F)F)cc3)n2)C1=O. The van der Waals surface area contributed by atoms with Crippen LogP contribution in [0.5, 0.6) is 0 Å². The third-order valence-electron chi connectivity index (χ3n) is 6.40. The van der Waals surface area contributed by atoms with E-state index in [1.165, 1.54) is 12.1 Å². The molecular weight excluding hydrogens is 461 g/mol. The zero-order valence-corrected chi connectivity index (χ0v) is 19.6. The Balaban J connectivity index is 1.41. The number of pyridine rings is 1. The molecule has 3 heterocycles. The molecule has 10 heteroatoms. The maximum Gasteiger partial charge on any atom is 0.416 e. The molecule has 186 valence electrons. The van der Waals surface area contributed by atoms with Crippen LogP contribution in [-0.4, -0.2) is 51.3 Å². The molecule has 2 aliphatic heterocycles. The van der Waals surface area contributed by atoms with Crippen molar-refractivity contribution in [2.24, 2.45) is 0 Å². The van der Waals surface area contributed by atoms with Gasteiger partial charge in [0.15, 0.2) is 0 Å². The van der Waals surface area contributed by atoms with Gasteiger partial charge in [-0.3, -0.25) is 19.5 Å². The second kappa shape index (κ2) is 9.31. The Hall–Kier alpha value is -3.43. The summed E-state index contributed by atoms with van der Waals surface area (Å²) in [5.41, 5.74) is 0.450. The number of carbonyl (C=O) groups excluding carboxylic acids is 3. The number of likely N-dealkylation sites (tertiary alicyclic amines) is 1. The van der Waals surface area contributed by atoms with E-state index in [0.717, 1.165) is 35.6 Å². The molecule has 7 nitrogen and oxygen atoms in total. The lowest BCUT2D eigenvalue weighted by Crippen LogP contribution is -2.41. The van der Waals surface area contributed by atoms with Crippen molar-refractivity contribution in [2.45, 2.75) is 57.3 Å². The van der Waals surface area contributed by atoms with Crippen molar-refractivity contribution in [3.63, 3.8) is 0 Å². The number of halogens is 3. The van der Waals surface area contributed by atoms with Crippen molar-refractivity contribution in [1.29, 1.82) is 0 Å². The van der Waals surface area contributed by atoms with Crippen LogP contribution in [0.3, 0.4) is 0 Å².